The lowest BCUT2D eigenvalue weighted by molar-refractivity contribution is 1.13. The molecular formula is C25H23N5. The number of aromatic nitrogens is 2. The second-order valence-corrected chi connectivity index (χ2v) is 7.38. The van der Waals surface area contributed by atoms with Crippen molar-refractivity contribution in [3.8, 4) is 6.07 Å². The first-order valence-corrected chi connectivity index (χ1v) is 9.74. The molecule has 0 aliphatic carbocycles. The van der Waals surface area contributed by atoms with Gasteiger partial charge in [0.25, 0.3) is 0 Å². The molecule has 0 saturated carbocycles. The van der Waals surface area contributed by atoms with Gasteiger partial charge >= 0.3 is 0 Å². The first-order chi connectivity index (χ1) is 14.6. The number of anilines is 3. The molecule has 2 heterocycles. The van der Waals surface area contributed by atoms with E-state index in [1.54, 1.807) is 12.4 Å². The molecule has 0 bridgehead atoms. The van der Waals surface area contributed by atoms with Crippen LogP contribution in [0, 0.1) is 18.3 Å². The summed E-state index contributed by atoms with van der Waals surface area (Å²) in [7, 11) is 4.04. The Morgan fingerprint density at radius 2 is 1.83 bits per heavy atom. The van der Waals surface area contributed by atoms with Crippen LogP contribution in [0.4, 0.5) is 17.1 Å². The number of nitriles is 1. The number of rotatable bonds is 5. The smallest absolute Gasteiger partial charge is 0.103 e. The molecule has 30 heavy (non-hydrogen) atoms. The molecule has 148 valence electrons. The highest BCUT2D eigenvalue weighted by atomic mass is 15.1. The van der Waals surface area contributed by atoms with E-state index in [9.17, 15) is 5.26 Å². The Morgan fingerprint density at radius 1 is 1.03 bits per heavy atom. The van der Waals surface area contributed by atoms with E-state index in [2.05, 4.69) is 63.5 Å². The summed E-state index contributed by atoms with van der Waals surface area (Å²) in [5.41, 5.74) is 7.55. The van der Waals surface area contributed by atoms with Gasteiger partial charge in [-0.2, -0.15) is 5.26 Å². The molecule has 0 radical (unpaired) electrons. The van der Waals surface area contributed by atoms with Crippen LogP contribution in [0.1, 0.15) is 22.3 Å². The first kappa shape index (κ1) is 19.3. The van der Waals surface area contributed by atoms with Crippen molar-refractivity contribution in [1.29, 1.82) is 5.26 Å². The summed E-state index contributed by atoms with van der Waals surface area (Å²) in [6.45, 7) is 2.08. The Labute approximate surface area is 176 Å². The average Bonchev–Trinajstić information content (AvgIpc) is 3.24. The molecule has 0 fully saturated rings. The SMILES string of the molecule is Cc1c(Nc2c(C#N)cncc2C=Cc2ccc(N(C)C)cc2)ccc2[nH]ccc12. The average molecular weight is 393 g/mol. The molecule has 0 unspecified atom stereocenters. The number of aryl methyl sites for hydroxylation is 1. The predicted molar refractivity (Wildman–Crippen MR) is 125 cm³/mol. The summed E-state index contributed by atoms with van der Waals surface area (Å²) in [6.07, 6.45) is 9.33. The molecule has 2 aromatic carbocycles. The molecule has 0 amide bonds. The minimum Gasteiger partial charge on any atom is -0.378 e. The summed E-state index contributed by atoms with van der Waals surface area (Å²) < 4.78 is 0. The fraction of sp³-hybridized carbons (Fsp3) is 0.120. The Balaban J connectivity index is 1.69. The molecule has 0 atom stereocenters. The predicted octanol–water partition coefficient (Wildman–Crippen LogP) is 5.72. The van der Waals surface area contributed by atoms with Crippen molar-refractivity contribution in [3.05, 3.63) is 83.3 Å². The van der Waals surface area contributed by atoms with Crippen LogP contribution in [0.5, 0.6) is 0 Å². The molecule has 0 saturated heterocycles. The number of hydrogen-bond donors (Lipinski definition) is 2. The van der Waals surface area contributed by atoms with E-state index < -0.39 is 0 Å². The van der Waals surface area contributed by atoms with Gasteiger partial charge in [0.1, 0.15) is 6.07 Å². The number of hydrogen-bond acceptors (Lipinski definition) is 4. The van der Waals surface area contributed by atoms with Crippen LogP contribution in [-0.2, 0) is 0 Å². The number of fused-ring (bicyclic) bond motifs is 1. The number of nitrogens with zero attached hydrogens (tertiary/aromatic N) is 3. The van der Waals surface area contributed by atoms with Crippen molar-refractivity contribution >= 4 is 40.1 Å². The number of benzene rings is 2. The van der Waals surface area contributed by atoms with Crippen LogP contribution in [0.15, 0.2) is 61.1 Å². The largest absolute Gasteiger partial charge is 0.378 e. The van der Waals surface area contributed by atoms with Crippen molar-refractivity contribution < 1.29 is 0 Å². The second kappa shape index (κ2) is 8.14. The standard InChI is InChI=1S/C25H23N5/c1-17-22-12-13-28-24(22)11-10-23(17)29-25-19(15-27-16-20(25)14-26)7-4-18-5-8-21(9-6-18)30(2)3/h4-13,15-16,28H,1-3H3,(H,27,29). The van der Waals surface area contributed by atoms with Gasteiger partial charge in [-0.25, -0.2) is 0 Å². The van der Waals surface area contributed by atoms with E-state index in [1.165, 1.54) is 0 Å². The number of nitrogens with one attached hydrogen (secondary N) is 2. The molecule has 2 aromatic heterocycles. The minimum absolute atomic E-state index is 0.508. The van der Waals surface area contributed by atoms with Crippen molar-refractivity contribution in [3.63, 3.8) is 0 Å². The molecule has 2 N–H and O–H groups in total. The van der Waals surface area contributed by atoms with E-state index in [1.807, 2.05) is 44.6 Å². The van der Waals surface area contributed by atoms with Crippen LogP contribution in [-0.4, -0.2) is 24.1 Å². The Morgan fingerprint density at radius 3 is 2.57 bits per heavy atom. The van der Waals surface area contributed by atoms with Gasteiger partial charge in [0.05, 0.1) is 11.3 Å². The zero-order valence-corrected chi connectivity index (χ0v) is 17.3. The molecule has 5 heteroatoms. The highest BCUT2D eigenvalue weighted by Gasteiger charge is 2.11. The van der Waals surface area contributed by atoms with Crippen molar-refractivity contribution in [1.82, 2.24) is 9.97 Å². The number of aromatic amines is 1. The molecule has 0 aliphatic rings. The molecule has 4 rings (SSSR count). The molecule has 4 aromatic rings. The number of pyridine rings is 1. The fourth-order valence-electron chi connectivity index (χ4n) is 3.45. The normalized spacial score (nSPS) is 11.0. The van der Waals surface area contributed by atoms with Crippen molar-refractivity contribution in [2.45, 2.75) is 6.92 Å². The van der Waals surface area contributed by atoms with Gasteiger partial charge in [-0.05, 0) is 48.4 Å². The first-order valence-electron chi connectivity index (χ1n) is 9.74. The Kier molecular flexibility index (Phi) is 5.23. The lowest BCUT2D eigenvalue weighted by atomic mass is 10.1. The zero-order valence-electron chi connectivity index (χ0n) is 17.3. The number of H-pyrrole nitrogens is 1. The van der Waals surface area contributed by atoms with E-state index in [4.69, 9.17) is 0 Å². The second-order valence-electron chi connectivity index (χ2n) is 7.38. The van der Waals surface area contributed by atoms with Gasteiger partial charge in [0.2, 0.25) is 0 Å². The highest BCUT2D eigenvalue weighted by molar-refractivity contribution is 5.90. The summed E-state index contributed by atoms with van der Waals surface area (Å²) in [5, 5.41) is 14.3. The third kappa shape index (κ3) is 3.76. The summed E-state index contributed by atoms with van der Waals surface area (Å²) in [4.78, 5) is 9.55. The summed E-state index contributed by atoms with van der Waals surface area (Å²) in [5.74, 6) is 0. The zero-order chi connectivity index (χ0) is 21.1. The maximum Gasteiger partial charge on any atom is 0.103 e. The molecule has 0 aliphatic heterocycles. The topological polar surface area (TPSA) is 67.7 Å². The third-order valence-corrected chi connectivity index (χ3v) is 5.22. The van der Waals surface area contributed by atoms with Crippen molar-refractivity contribution in [2.24, 2.45) is 0 Å². The van der Waals surface area contributed by atoms with E-state index in [0.29, 0.717) is 5.56 Å². The molecule has 5 nitrogen and oxygen atoms in total. The Hall–Kier alpha value is -4.04. The van der Waals surface area contributed by atoms with Crippen LogP contribution in [0.2, 0.25) is 0 Å². The lowest BCUT2D eigenvalue weighted by Crippen LogP contribution is -2.07. The van der Waals surface area contributed by atoms with Gasteiger partial charge in [0, 0.05) is 60.5 Å². The third-order valence-electron chi connectivity index (χ3n) is 5.22. The maximum absolute atomic E-state index is 9.63. The van der Waals surface area contributed by atoms with Gasteiger partial charge in [-0.15, -0.1) is 0 Å². The van der Waals surface area contributed by atoms with E-state index in [-0.39, 0.29) is 0 Å². The quantitative estimate of drug-likeness (QED) is 0.455. The Bertz CT molecular complexity index is 1260. The fourth-order valence-corrected chi connectivity index (χ4v) is 3.45. The maximum atomic E-state index is 9.63. The van der Waals surface area contributed by atoms with Gasteiger partial charge in [-0.1, -0.05) is 24.3 Å². The molecular weight excluding hydrogens is 370 g/mol. The lowest BCUT2D eigenvalue weighted by Gasteiger charge is -2.14. The van der Waals surface area contributed by atoms with Crippen LogP contribution < -0.4 is 10.2 Å². The van der Waals surface area contributed by atoms with Crippen LogP contribution in [0.25, 0.3) is 23.1 Å². The summed E-state index contributed by atoms with van der Waals surface area (Å²) >= 11 is 0. The van der Waals surface area contributed by atoms with Gasteiger partial charge in [0.15, 0.2) is 0 Å². The van der Waals surface area contributed by atoms with E-state index >= 15 is 0 Å². The highest BCUT2D eigenvalue weighted by Crippen LogP contribution is 2.31. The summed E-state index contributed by atoms with van der Waals surface area (Å²) in [6, 6.07) is 16.7. The monoisotopic (exact) mass is 393 g/mol. The van der Waals surface area contributed by atoms with Crippen LogP contribution in [0.3, 0.4) is 0 Å². The van der Waals surface area contributed by atoms with Gasteiger partial charge < -0.3 is 15.2 Å². The minimum atomic E-state index is 0.508. The van der Waals surface area contributed by atoms with E-state index in [0.717, 1.165) is 44.7 Å². The van der Waals surface area contributed by atoms with Crippen molar-refractivity contribution in [2.75, 3.05) is 24.3 Å². The van der Waals surface area contributed by atoms with Crippen LogP contribution >= 0.6 is 0 Å². The van der Waals surface area contributed by atoms with Gasteiger partial charge in [-0.3, -0.25) is 4.98 Å². The molecule has 0 spiro atoms.